The summed E-state index contributed by atoms with van der Waals surface area (Å²) in [5, 5.41) is 1.04. The van der Waals surface area contributed by atoms with Crippen LogP contribution in [0, 0.1) is 0 Å². The lowest BCUT2D eigenvalue weighted by atomic mass is 10.1. The molecule has 2 aromatic heterocycles. The Morgan fingerprint density at radius 3 is 2.96 bits per heavy atom. The van der Waals surface area contributed by atoms with E-state index in [2.05, 4.69) is 9.97 Å². The van der Waals surface area contributed by atoms with Gasteiger partial charge in [-0.05, 0) is 37.0 Å². The fraction of sp³-hybridized carbons (Fsp3) is 0.471. The number of hydrogen-bond donors (Lipinski definition) is 2. The van der Waals surface area contributed by atoms with Crippen LogP contribution in [-0.2, 0) is 16.0 Å². The van der Waals surface area contributed by atoms with E-state index in [1.54, 1.807) is 11.1 Å². The van der Waals surface area contributed by atoms with Crippen LogP contribution in [0.15, 0.2) is 24.5 Å². The van der Waals surface area contributed by atoms with Crippen LogP contribution in [0.25, 0.3) is 11.0 Å². The number of aromatic amines is 1. The van der Waals surface area contributed by atoms with Gasteiger partial charge < -0.3 is 15.6 Å². The Morgan fingerprint density at radius 1 is 1.43 bits per heavy atom. The summed E-state index contributed by atoms with van der Waals surface area (Å²) in [4.78, 5) is 32.6. The van der Waals surface area contributed by atoms with Crippen LogP contribution < -0.4 is 5.73 Å². The maximum absolute atomic E-state index is 12.3. The molecule has 0 radical (unpaired) electrons. The predicted octanol–water partition coefficient (Wildman–Crippen LogP) is 2.00. The summed E-state index contributed by atoms with van der Waals surface area (Å²) in [6.07, 6.45) is 6.16. The number of fused-ring (bicyclic) bond motifs is 1. The van der Waals surface area contributed by atoms with Crippen LogP contribution in [0.4, 0.5) is 0 Å². The number of nitrogens with zero attached hydrogens (tertiary/aromatic N) is 2. The Morgan fingerprint density at radius 2 is 2.22 bits per heavy atom. The zero-order chi connectivity index (χ0) is 16.8. The molecule has 23 heavy (non-hydrogen) atoms. The van der Waals surface area contributed by atoms with Crippen molar-refractivity contribution in [1.82, 2.24) is 14.9 Å². The van der Waals surface area contributed by atoms with Gasteiger partial charge in [0.1, 0.15) is 11.7 Å². The molecule has 3 N–H and O–H groups in total. The number of hydrogen-bond acceptors (Lipinski definition) is 3. The first kappa shape index (κ1) is 17.0. The molecular formula is C17H24N4O2. The Labute approximate surface area is 136 Å². The van der Waals surface area contributed by atoms with Gasteiger partial charge in [-0.2, -0.15) is 0 Å². The van der Waals surface area contributed by atoms with Gasteiger partial charge in [-0.1, -0.05) is 13.8 Å². The Kier molecular flexibility index (Phi) is 5.73. The molecule has 1 aliphatic rings. The molecule has 0 saturated carbocycles. The summed E-state index contributed by atoms with van der Waals surface area (Å²) in [6, 6.07) is 3.44. The average molecular weight is 316 g/mol. The van der Waals surface area contributed by atoms with Gasteiger partial charge in [0.05, 0.1) is 0 Å². The number of carbonyl (C=O) groups excluding carboxylic acids is 2. The lowest BCUT2D eigenvalue weighted by molar-refractivity contribution is -0.137. The van der Waals surface area contributed by atoms with Gasteiger partial charge in [-0.15, -0.1) is 0 Å². The maximum Gasteiger partial charge on any atom is 0.240 e. The van der Waals surface area contributed by atoms with Crippen molar-refractivity contribution in [2.24, 2.45) is 5.73 Å². The van der Waals surface area contributed by atoms with Crippen LogP contribution in [0.5, 0.6) is 0 Å². The topological polar surface area (TPSA) is 92.1 Å². The first-order valence-electron chi connectivity index (χ1n) is 8.16. The summed E-state index contributed by atoms with van der Waals surface area (Å²) in [6.45, 7) is 4.63. The number of carbonyl (C=O) groups is 2. The number of nitrogens with one attached hydrogen (secondary N) is 1. The van der Waals surface area contributed by atoms with Crippen LogP contribution in [0.3, 0.4) is 0 Å². The van der Waals surface area contributed by atoms with Crippen molar-refractivity contribution in [2.45, 2.75) is 45.6 Å². The van der Waals surface area contributed by atoms with Crippen molar-refractivity contribution in [3.63, 3.8) is 0 Å². The summed E-state index contributed by atoms with van der Waals surface area (Å²) in [7, 11) is 0. The number of likely N-dealkylation sites (tertiary alicyclic amines) is 1. The molecule has 124 valence electrons. The number of nitrogens with two attached hydrogens (primary N) is 1. The number of primary amides is 1. The second-order valence-electron chi connectivity index (χ2n) is 5.36. The SMILES string of the molecule is CC.NC(=O)[C@@H]1CCCN1C(=O)CCc1c[nH]c2ncccc12. The van der Waals surface area contributed by atoms with Crippen molar-refractivity contribution in [3.8, 4) is 0 Å². The first-order chi connectivity index (χ1) is 11.2. The quantitative estimate of drug-likeness (QED) is 0.903. The van der Waals surface area contributed by atoms with Crippen LogP contribution in [0.1, 0.15) is 38.7 Å². The first-order valence-corrected chi connectivity index (χ1v) is 8.16. The molecule has 1 aliphatic heterocycles. The molecule has 3 rings (SSSR count). The van der Waals surface area contributed by atoms with Gasteiger partial charge in [-0.3, -0.25) is 9.59 Å². The fourth-order valence-corrected chi connectivity index (χ4v) is 2.97. The summed E-state index contributed by atoms with van der Waals surface area (Å²) < 4.78 is 0. The van der Waals surface area contributed by atoms with Gasteiger partial charge in [0, 0.05) is 30.7 Å². The molecule has 0 aromatic carbocycles. The Bertz CT molecular complexity index is 680. The maximum atomic E-state index is 12.3. The second-order valence-corrected chi connectivity index (χ2v) is 5.36. The van der Waals surface area contributed by atoms with Crippen LogP contribution >= 0.6 is 0 Å². The molecular weight excluding hydrogens is 292 g/mol. The number of pyridine rings is 1. The molecule has 0 spiro atoms. The Balaban J connectivity index is 0.000000924. The van der Waals surface area contributed by atoms with Crippen molar-refractivity contribution >= 4 is 22.8 Å². The second kappa shape index (κ2) is 7.76. The van der Waals surface area contributed by atoms with E-state index in [4.69, 9.17) is 5.73 Å². The summed E-state index contributed by atoms with van der Waals surface area (Å²) in [5.41, 5.74) is 7.25. The average Bonchev–Trinajstić information content (AvgIpc) is 3.22. The zero-order valence-corrected chi connectivity index (χ0v) is 13.7. The smallest absolute Gasteiger partial charge is 0.240 e. The minimum Gasteiger partial charge on any atom is -0.368 e. The van der Waals surface area contributed by atoms with Gasteiger partial charge >= 0.3 is 0 Å². The third-order valence-corrected chi connectivity index (χ3v) is 4.05. The zero-order valence-electron chi connectivity index (χ0n) is 13.7. The monoisotopic (exact) mass is 316 g/mol. The van der Waals surface area contributed by atoms with E-state index in [1.807, 2.05) is 32.2 Å². The van der Waals surface area contributed by atoms with Crippen molar-refractivity contribution < 1.29 is 9.59 Å². The van der Waals surface area contributed by atoms with Gasteiger partial charge in [0.15, 0.2) is 0 Å². The fourth-order valence-electron chi connectivity index (χ4n) is 2.97. The van der Waals surface area contributed by atoms with Crippen molar-refractivity contribution in [1.29, 1.82) is 0 Å². The molecule has 3 heterocycles. The predicted molar refractivity (Wildman–Crippen MR) is 89.7 cm³/mol. The lowest BCUT2D eigenvalue weighted by Gasteiger charge is -2.22. The normalized spacial score (nSPS) is 17.0. The minimum absolute atomic E-state index is 0.00506. The molecule has 0 unspecified atom stereocenters. The summed E-state index contributed by atoms with van der Waals surface area (Å²) >= 11 is 0. The molecule has 1 saturated heterocycles. The van der Waals surface area contributed by atoms with E-state index in [0.717, 1.165) is 23.0 Å². The number of rotatable bonds is 4. The third kappa shape index (κ3) is 3.70. The Hall–Kier alpha value is -2.37. The molecule has 2 amide bonds. The van der Waals surface area contributed by atoms with E-state index in [9.17, 15) is 9.59 Å². The molecule has 1 fully saturated rings. The van der Waals surface area contributed by atoms with Crippen molar-refractivity contribution in [2.75, 3.05) is 6.54 Å². The van der Waals surface area contributed by atoms with Gasteiger partial charge in [-0.25, -0.2) is 4.98 Å². The number of H-pyrrole nitrogens is 1. The standard InChI is InChI=1S/C15H18N4O2.C2H6/c16-14(21)12-4-2-8-19(12)13(20)6-5-10-9-18-15-11(10)3-1-7-17-15;1-2/h1,3,7,9,12H,2,4-6,8H2,(H2,16,21)(H,17,18);1-2H3/t12-;/m0./s1. The highest BCUT2D eigenvalue weighted by atomic mass is 16.2. The molecule has 6 nitrogen and oxygen atoms in total. The van der Waals surface area contributed by atoms with Crippen LogP contribution in [-0.4, -0.2) is 39.3 Å². The van der Waals surface area contributed by atoms with E-state index in [-0.39, 0.29) is 5.91 Å². The largest absolute Gasteiger partial charge is 0.368 e. The van der Waals surface area contributed by atoms with Gasteiger partial charge in [0.25, 0.3) is 0 Å². The van der Waals surface area contributed by atoms with Gasteiger partial charge in [0.2, 0.25) is 11.8 Å². The summed E-state index contributed by atoms with van der Waals surface area (Å²) in [5.74, 6) is -0.410. The van der Waals surface area contributed by atoms with Crippen LogP contribution in [0.2, 0.25) is 0 Å². The third-order valence-electron chi connectivity index (χ3n) is 4.05. The van der Waals surface area contributed by atoms with E-state index in [1.165, 1.54) is 0 Å². The molecule has 6 heteroatoms. The minimum atomic E-state index is -0.429. The molecule has 1 atom stereocenters. The highest BCUT2D eigenvalue weighted by molar-refractivity contribution is 5.87. The highest BCUT2D eigenvalue weighted by Gasteiger charge is 2.32. The van der Waals surface area contributed by atoms with E-state index < -0.39 is 11.9 Å². The molecule has 2 aromatic rings. The van der Waals surface area contributed by atoms with E-state index in [0.29, 0.717) is 25.8 Å². The molecule has 0 bridgehead atoms. The molecule has 0 aliphatic carbocycles. The lowest BCUT2D eigenvalue weighted by Crippen LogP contribution is -2.43. The van der Waals surface area contributed by atoms with E-state index >= 15 is 0 Å². The van der Waals surface area contributed by atoms with Crippen molar-refractivity contribution in [3.05, 3.63) is 30.1 Å². The number of amides is 2. The number of aryl methyl sites for hydroxylation is 1. The number of aromatic nitrogens is 2. The highest BCUT2D eigenvalue weighted by Crippen LogP contribution is 2.21.